The SMILES string of the molecule is CC1OCCC1(O)CNC(=O)c1cc(F)ccc1O. The van der Waals surface area contributed by atoms with Crippen LogP contribution in [0.25, 0.3) is 0 Å². The fourth-order valence-corrected chi connectivity index (χ4v) is 2.02. The van der Waals surface area contributed by atoms with Crippen LogP contribution in [-0.4, -0.2) is 41.0 Å². The van der Waals surface area contributed by atoms with Crippen molar-refractivity contribution in [2.75, 3.05) is 13.2 Å². The average Bonchev–Trinajstić information content (AvgIpc) is 2.70. The molecule has 0 aliphatic carbocycles. The van der Waals surface area contributed by atoms with Crippen LogP contribution in [0.15, 0.2) is 18.2 Å². The molecule has 1 heterocycles. The van der Waals surface area contributed by atoms with Crippen molar-refractivity contribution in [1.82, 2.24) is 5.32 Å². The van der Waals surface area contributed by atoms with Gasteiger partial charge in [-0.1, -0.05) is 0 Å². The molecule has 1 saturated heterocycles. The van der Waals surface area contributed by atoms with Crippen LogP contribution >= 0.6 is 0 Å². The number of amides is 1. The van der Waals surface area contributed by atoms with Gasteiger partial charge in [0.1, 0.15) is 17.2 Å². The molecule has 0 saturated carbocycles. The van der Waals surface area contributed by atoms with Gasteiger partial charge in [0.25, 0.3) is 5.91 Å². The summed E-state index contributed by atoms with van der Waals surface area (Å²) in [5.74, 6) is -1.55. The van der Waals surface area contributed by atoms with Crippen LogP contribution in [0.1, 0.15) is 23.7 Å². The lowest BCUT2D eigenvalue weighted by Crippen LogP contribution is -2.47. The maximum Gasteiger partial charge on any atom is 0.255 e. The van der Waals surface area contributed by atoms with Gasteiger partial charge in [0, 0.05) is 19.6 Å². The summed E-state index contributed by atoms with van der Waals surface area (Å²) in [4.78, 5) is 11.8. The second-order valence-electron chi connectivity index (χ2n) is 4.71. The quantitative estimate of drug-likeness (QED) is 0.758. The van der Waals surface area contributed by atoms with Gasteiger partial charge >= 0.3 is 0 Å². The molecule has 2 atom stereocenters. The molecule has 1 amide bonds. The summed E-state index contributed by atoms with van der Waals surface area (Å²) >= 11 is 0. The van der Waals surface area contributed by atoms with Gasteiger partial charge in [0.15, 0.2) is 0 Å². The minimum atomic E-state index is -1.13. The molecule has 19 heavy (non-hydrogen) atoms. The normalized spacial score (nSPS) is 26.4. The zero-order valence-electron chi connectivity index (χ0n) is 10.5. The lowest BCUT2D eigenvalue weighted by atomic mass is 9.96. The second kappa shape index (κ2) is 5.14. The number of hydrogen-bond donors (Lipinski definition) is 3. The molecule has 0 radical (unpaired) electrons. The smallest absolute Gasteiger partial charge is 0.255 e. The van der Waals surface area contributed by atoms with Crippen LogP contribution in [0.3, 0.4) is 0 Å². The summed E-state index contributed by atoms with van der Waals surface area (Å²) < 4.78 is 18.3. The number of ether oxygens (including phenoxy) is 1. The van der Waals surface area contributed by atoms with Crippen LogP contribution in [0, 0.1) is 5.82 Å². The highest BCUT2D eigenvalue weighted by atomic mass is 19.1. The number of hydrogen-bond acceptors (Lipinski definition) is 4. The monoisotopic (exact) mass is 269 g/mol. The minimum Gasteiger partial charge on any atom is -0.507 e. The molecular formula is C13H16FNO4. The summed E-state index contributed by atoms with van der Waals surface area (Å²) in [6, 6.07) is 3.12. The van der Waals surface area contributed by atoms with Crippen LogP contribution < -0.4 is 5.32 Å². The van der Waals surface area contributed by atoms with E-state index in [9.17, 15) is 19.4 Å². The summed E-state index contributed by atoms with van der Waals surface area (Å²) in [7, 11) is 0. The number of halogens is 1. The highest BCUT2D eigenvalue weighted by molar-refractivity contribution is 5.96. The fourth-order valence-electron chi connectivity index (χ4n) is 2.02. The van der Waals surface area contributed by atoms with E-state index >= 15 is 0 Å². The van der Waals surface area contributed by atoms with Crippen molar-refractivity contribution in [3.8, 4) is 5.75 Å². The van der Waals surface area contributed by atoms with Gasteiger partial charge < -0.3 is 20.3 Å². The first kappa shape index (κ1) is 13.8. The zero-order chi connectivity index (χ0) is 14.0. The Morgan fingerprint density at radius 2 is 2.37 bits per heavy atom. The number of aliphatic hydroxyl groups is 1. The maximum absolute atomic E-state index is 13.0. The van der Waals surface area contributed by atoms with Crippen LogP contribution in [0.5, 0.6) is 5.75 Å². The lowest BCUT2D eigenvalue weighted by Gasteiger charge is -2.26. The number of carbonyl (C=O) groups excluding carboxylic acids is 1. The first-order valence-electron chi connectivity index (χ1n) is 6.03. The highest BCUT2D eigenvalue weighted by Crippen LogP contribution is 2.25. The van der Waals surface area contributed by atoms with E-state index in [1.807, 2.05) is 0 Å². The topological polar surface area (TPSA) is 78.8 Å². The second-order valence-corrected chi connectivity index (χ2v) is 4.71. The number of rotatable bonds is 3. The molecule has 0 aromatic heterocycles. The van der Waals surface area contributed by atoms with Crippen molar-refractivity contribution >= 4 is 5.91 Å². The van der Waals surface area contributed by atoms with Crippen LogP contribution in [0.4, 0.5) is 4.39 Å². The van der Waals surface area contributed by atoms with Crippen molar-refractivity contribution in [2.24, 2.45) is 0 Å². The number of benzene rings is 1. The first-order chi connectivity index (χ1) is 8.92. The molecule has 3 N–H and O–H groups in total. The third-order valence-electron chi connectivity index (χ3n) is 3.42. The van der Waals surface area contributed by atoms with E-state index in [2.05, 4.69) is 5.32 Å². The third kappa shape index (κ3) is 2.85. The average molecular weight is 269 g/mol. The van der Waals surface area contributed by atoms with Gasteiger partial charge in [-0.05, 0) is 25.1 Å². The molecule has 2 unspecified atom stereocenters. The summed E-state index contributed by atoms with van der Waals surface area (Å²) in [6.07, 6.45) is 0.0396. The first-order valence-corrected chi connectivity index (χ1v) is 6.03. The molecule has 1 aromatic rings. The van der Waals surface area contributed by atoms with E-state index in [-0.39, 0.29) is 24.0 Å². The van der Waals surface area contributed by atoms with Crippen molar-refractivity contribution in [3.63, 3.8) is 0 Å². The van der Waals surface area contributed by atoms with Crippen LogP contribution in [0.2, 0.25) is 0 Å². The number of carbonyl (C=O) groups is 1. The van der Waals surface area contributed by atoms with Gasteiger partial charge in [0.2, 0.25) is 0 Å². The fraction of sp³-hybridized carbons (Fsp3) is 0.462. The molecule has 5 nitrogen and oxygen atoms in total. The largest absolute Gasteiger partial charge is 0.507 e. The van der Waals surface area contributed by atoms with Gasteiger partial charge in [-0.15, -0.1) is 0 Å². The predicted molar refractivity (Wildman–Crippen MR) is 65.4 cm³/mol. The molecule has 0 spiro atoms. The standard InChI is InChI=1S/C13H16FNO4/c1-8-13(18,4-5-19-8)7-15-12(17)10-6-9(14)2-3-11(10)16/h2-3,6,8,16,18H,4-5,7H2,1H3,(H,15,17). The summed E-state index contributed by atoms with van der Waals surface area (Å²) in [5, 5.41) is 22.2. The van der Waals surface area contributed by atoms with Crippen molar-refractivity contribution < 1.29 is 24.1 Å². The van der Waals surface area contributed by atoms with Gasteiger partial charge in [-0.3, -0.25) is 4.79 Å². The van der Waals surface area contributed by atoms with Crippen LogP contribution in [-0.2, 0) is 4.74 Å². The van der Waals surface area contributed by atoms with E-state index in [1.54, 1.807) is 6.92 Å². The van der Waals surface area contributed by atoms with Gasteiger partial charge in [0.05, 0.1) is 11.7 Å². The molecule has 0 bridgehead atoms. The maximum atomic E-state index is 13.0. The Labute approximate surface area is 110 Å². The van der Waals surface area contributed by atoms with Crippen molar-refractivity contribution in [1.29, 1.82) is 0 Å². The van der Waals surface area contributed by atoms with E-state index in [0.29, 0.717) is 13.0 Å². The molecule has 104 valence electrons. The Morgan fingerprint density at radius 3 is 3.00 bits per heavy atom. The molecule has 1 fully saturated rings. The van der Waals surface area contributed by atoms with E-state index < -0.39 is 17.3 Å². The Hall–Kier alpha value is -1.66. The molecule has 6 heteroatoms. The minimum absolute atomic E-state index is 0.0110. The van der Waals surface area contributed by atoms with Gasteiger partial charge in [-0.2, -0.15) is 0 Å². The Morgan fingerprint density at radius 1 is 1.63 bits per heavy atom. The molecular weight excluding hydrogens is 253 g/mol. The molecule has 2 rings (SSSR count). The highest BCUT2D eigenvalue weighted by Gasteiger charge is 2.39. The Kier molecular flexibility index (Phi) is 3.73. The predicted octanol–water partition coefficient (Wildman–Crippen LogP) is 0.801. The molecule has 1 aromatic carbocycles. The van der Waals surface area contributed by atoms with E-state index in [1.165, 1.54) is 0 Å². The number of phenols is 1. The van der Waals surface area contributed by atoms with Crippen molar-refractivity contribution in [2.45, 2.75) is 25.0 Å². The van der Waals surface area contributed by atoms with E-state index in [4.69, 9.17) is 4.74 Å². The number of aromatic hydroxyl groups is 1. The van der Waals surface area contributed by atoms with Crippen molar-refractivity contribution in [3.05, 3.63) is 29.6 Å². The number of nitrogens with one attached hydrogen (secondary N) is 1. The summed E-state index contributed by atoms with van der Waals surface area (Å²) in [6.45, 7) is 2.14. The molecule has 1 aliphatic heterocycles. The Bertz CT molecular complexity index is 494. The Balaban J connectivity index is 2.03. The lowest BCUT2D eigenvalue weighted by molar-refractivity contribution is -0.0251. The van der Waals surface area contributed by atoms with E-state index in [0.717, 1.165) is 18.2 Å². The molecule has 1 aliphatic rings. The third-order valence-corrected chi connectivity index (χ3v) is 3.42. The zero-order valence-corrected chi connectivity index (χ0v) is 10.5. The number of phenolic OH excluding ortho intramolecular Hbond substituents is 1. The van der Waals surface area contributed by atoms with Gasteiger partial charge in [-0.25, -0.2) is 4.39 Å². The summed E-state index contributed by atoms with van der Waals surface area (Å²) in [5.41, 5.74) is -1.28.